The van der Waals surface area contributed by atoms with Gasteiger partial charge in [-0.15, -0.1) is 0 Å². The van der Waals surface area contributed by atoms with Crippen LogP contribution in [-0.2, 0) is 0 Å². The van der Waals surface area contributed by atoms with Crippen LogP contribution in [0.1, 0.15) is 0 Å². The normalized spacial score (nSPS) is 11.2. The summed E-state index contributed by atoms with van der Waals surface area (Å²) in [5.41, 5.74) is 6.94. The van der Waals surface area contributed by atoms with Crippen LogP contribution >= 0.6 is 0 Å². The van der Waals surface area contributed by atoms with E-state index in [1.165, 1.54) is 0 Å². The van der Waals surface area contributed by atoms with Crippen LogP contribution in [0.25, 0.3) is 32.8 Å². The molecule has 0 saturated heterocycles. The van der Waals surface area contributed by atoms with E-state index in [-0.39, 0.29) is 0 Å². The summed E-state index contributed by atoms with van der Waals surface area (Å²) in [5.74, 6) is 0. The highest BCUT2D eigenvalue weighted by atomic mass is 15.1. The molecule has 0 saturated carbocycles. The molecule has 0 fully saturated rings. The van der Waals surface area contributed by atoms with Crippen molar-refractivity contribution in [3.63, 3.8) is 0 Å². The molecule has 31 heavy (non-hydrogen) atoms. The van der Waals surface area contributed by atoms with Gasteiger partial charge < -0.3 is 4.90 Å². The fraction of sp³-hybridized carbons (Fsp3) is 0. The Kier molecular flexibility index (Phi) is 4.10. The summed E-state index contributed by atoms with van der Waals surface area (Å²) >= 11 is 0. The third-order valence-electron chi connectivity index (χ3n) is 5.60. The summed E-state index contributed by atoms with van der Waals surface area (Å²) in [5, 5.41) is 2.25. The van der Waals surface area contributed by atoms with Crippen molar-refractivity contribution in [2.75, 3.05) is 4.90 Å². The lowest BCUT2D eigenvalue weighted by Gasteiger charge is -2.27. The van der Waals surface area contributed by atoms with Crippen LogP contribution in [0.4, 0.5) is 17.1 Å². The molecule has 3 nitrogen and oxygen atoms in total. The van der Waals surface area contributed by atoms with Gasteiger partial charge in [-0.2, -0.15) is 0 Å². The van der Waals surface area contributed by atoms with Crippen molar-refractivity contribution in [1.82, 2.24) is 9.97 Å². The van der Waals surface area contributed by atoms with Crippen molar-refractivity contribution in [2.45, 2.75) is 0 Å². The first-order valence-electron chi connectivity index (χ1n) is 10.4. The van der Waals surface area contributed by atoms with Gasteiger partial charge in [0.05, 0.1) is 27.8 Å². The molecule has 6 rings (SSSR count). The van der Waals surface area contributed by atoms with Gasteiger partial charge in [-0.05, 0) is 42.5 Å². The molecule has 6 aromatic rings. The standard InChI is InChI=1S/C28H19N3/c1-3-11-20(12-4-1)31(21-13-5-2-6-14-21)27-19-26-28(23-16-8-7-15-22(23)27)30-25-18-10-9-17-24(25)29-26/h1-19H. The SMILES string of the molecule is c1ccc(N(c2ccccc2)c2cc3nc4ccccc4nc3c3ccccc23)cc1. The molecule has 0 atom stereocenters. The molecule has 0 spiro atoms. The Bertz CT molecular complexity index is 1490. The Balaban J connectivity index is 1.73. The molecule has 0 aliphatic rings. The highest BCUT2D eigenvalue weighted by molar-refractivity contribution is 6.13. The second kappa shape index (κ2) is 7.22. The largest absolute Gasteiger partial charge is 0.310 e. The summed E-state index contributed by atoms with van der Waals surface area (Å²) in [6.07, 6.45) is 0. The van der Waals surface area contributed by atoms with Crippen molar-refractivity contribution >= 4 is 49.9 Å². The Morgan fingerprint density at radius 1 is 0.452 bits per heavy atom. The highest BCUT2D eigenvalue weighted by Gasteiger charge is 2.18. The highest BCUT2D eigenvalue weighted by Crippen LogP contribution is 2.41. The molecular formula is C28H19N3. The Morgan fingerprint density at radius 3 is 1.61 bits per heavy atom. The van der Waals surface area contributed by atoms with E-state index in [4.69, 9.17) is 9.97 Å². The first kappa shape index (κ1) is 17.6. The minimum Gasteiger partial charge on any atom is -0.310 e. The molecule has 3 heteroatoms. The van der Waals surface area contributed by atoms with Gasteiger partial charge in [0.15, 0.2) is 0 Å². The average Bonchev–Trinajstić information content (AvgIpc) is 2.84. The number of benzene rings is 5. The van der Waals surface area contributed by atoms with Crippen molar-refractivity contribution in [2.24, 2.45) is 0 Å². The van der Waals surface area contributed by atoms with Gasteiger partial charge in [-0.25, -0.2) is 9.97 Å². The predicted octanol–water partition coefficient (Wildman–Crippen LogP) is 7.41. The van der Waals surface area contributed by atoms with E-state index in [2.05, 4.69) is 83.8 Å². The van der Waals surface area contributed by atoms with Gasteiger partial charge in [0.1, 0.15) is 0 Å². The van der Waals surface area contributed by atoms with E-state index in [0.717, 1.165) is 49.9 Å². The van der Waals surface area contributed by atoms with E-state index in [1.807, 2.05) is 36.4 Å². The van der Waals surface area contributed by atoms with Crippen molar-refractivity contribution in [1.29, 1.82) is 0 Å². The van der Waals surface area contributed by atoms with Crippen LogP contribution in [0.2, 0.25) is 0 Å². The van der Waals surface area contributed by atoms with Crippen molar-refractivity contribution in [3.8, 4) is 0 Å². The lowest BCUT2D eigenvalue weighted by atomic mass is 10.0. The Morgan fingerprint density at radius 2 is 0.968 bits per heavy atom. The van der Waals surface area contributed by atoms with Gasteiger partial charge in [0.2, 0.25) is 0 Å². The zero-order valence-corrected chi connectivity index (χ0v) is 16.8. The molecule has 0 aliphatic heterocycles. The summed E-state index contributed by atoms with van der Waals surface area (Å²) in [6, 6.07) is 39.6. The van der Waals surface area contributed by atoms with Crippen LogP contribution in [-0.4, -0.2) is 9.97 Å². The summed E-state index contributed by atoms with van der Waals surface area (Å²) < 4.78 is 0. The third kappa shape index (κ3) is 2.99. The molecule has 0 amide bonds. The number of nitrogens with zero attached hydrogens (tertiary/aromatic N) is 3. The average molecular weight is 397 g/mol. The van der Waals surface area contributed by atoms with Crippen LogP contribution in [0, 0.1) is 0 Å². The van der Waals surface area contributed by atoms with E-state index in [0.29, 0.717) is 0 Å². The number of fused-ring (bicyclic) bond motifs is 4. The minimum atomic E-state index is 0.893. The maximum Gasteiger partial charge on any atom is 0.0974 e. The van der Waals surface area contributed by atoms with Gasteiger partial charge in [0, 0.05) is 22.1 Å². The van der Waals surface area contributed by atoms with Crippen molar-refractivity contribution in [3.05, 3.63) is 115 Å². The summed E-state index contributed by atoms with van der Waals surface area (Å²) in [7, 11) is 0. The van der Waals surface area contributed by atoms with E-state index in [9.17, 15) is 0 Å². The maximum absolute atomic E-state index is 4.97. The number of hydrogen-bond donors (Lipinski definition) is 0. The molecular weight excluding hydrogens is 378 g/mol. The van der Waals surface area contributed by atoms with E-state index in [1.54, 1.807) is 0 Å². The first-order chi connectivity index (χ1) is 15.4. The molecule has 0 N–H and O–H groups in total. The lowest BCUT2D eigenvalue weighted by Crippen LogP contribution is -2.10. The number of rotatable bonds is 3. The maximum atomic E-state index is 4.97. The van der Waals surface area contributed by atoms with Crippen LogP contribution in [0.5, 0.6) is 0 Å². The smallest absolute Gasteiger partial charge is 0.0974 e. The number of hydrogen-bond acceptors (Lipinski definition) is 3. The first-order valence-corrected chi connectivity index (χ1v) is 10.4. The summed E-state index contributed by atoms with van der Waals surface area (Å²) in [4.78, 5) is 12.2. The predicted molar refractivity (Wildman–Crippen MR) is 129 cm³/mol. The molecule has 1 heterocycles. The zero-order valence-electron chi connectivity index (χ0n) is 16.8. The number of anilines is 3. The lowest BCUT2D eigenvalue weighted by molar-refractivity contribution is 1.29. The van der Waals surface area contributed by atoms with Crippen molar-refractivity contribution < 1.29 is 0 Å². The molecule has 5 aromatic carbocycles. The molecule has 0 unspecified atom stereocenters. The van der Waals surface area contributed by atoms with Crippen LogP contribution in [0.3, 0.4) is 0 Å². The fourth-order valence-corrected chi connectivity index (χ4v) is 4.20. The monoisotopic (exact) mass is 397 g/mol. The summed E-state index contributed by atoms with van der Waals surface area (Å²) in [6.45, 7) is 0. The molecule has 0 radical (unpaired) electrons. The van der Waals surface area contributed by atoms with E-state index < -0.39 is 0 Å². The zero-order chi connectivity index (χ0) is 20.6. The second-order valence-electron chi connectivity index (χ2n) is 7.53. The molecule has 0 aliphatic carbocycles. The quantitative estimate of drug-likeness (QED) is 0.230. The number of para-hydroxylation sites is 4. The third-order valence-corrected chi connectivity index (χ3v) is 5.60. The Hall–Kier alpha value is -4.24. The minimum absolute atomic E-state index is 0.893. The molecule has 146 valence electrons. The Labute approximate surface area is 180 Å². The number of aromatic nitrogens is 2. The van der Waals surface area contributed by atoms with Crippen LogP contribution in [0.15, 0.2) is 115 Å². The van der Waals surface area contributed by atoms with Gasteiger partial charge in [-0.1, -0.05) is 72.8 Å². The van der Waals surface area contributed by atoms with E-state index >= 15 is 0 Å². The molecule has 0 bridgehead atoms. The molecule has 1 aromatic heterocycles. The topological polar surface area (TPSA) is 29.0 Å². The fourth-order valence-electron chi connectivity index (χ4n) is 4.20. The van der Waals surface area contributed by atoms with Gasteiger partial charge >= 0.3 is 0 Å². The van der Waals surface area contributed by atoms with Gasteiger partial charge in [0.25, 0.3) is 0 Å². The second-order valence-corrected chi connectivity index (χ2v) is 7.53. The van der Waals surface area contributed by atoms with Crippen LogP contribution < -0.4 is 4.90 Å². The van der Waals surface area contributed by atoms with Gasteiger partial charge in [-0.3, -0.25) is 0 Å².